The molecule has 0 atom stereocenters. The van der Waals surface area contributed by atoms with Crippen molar-refractivity contribution in [3.63, 3.8) is 0 Å². The van der Waals surface area contributed by atoms with Crippen LogP contribution in [-0.4, -0.2) is 43.0 Å². The van der Waals surface area contributed by atoms with E-state index in [2.05, 4.69) is 51.3 Å². The summed E-state index contributed by atoms with van der Waals surface area (Å²) in [5, 5.41) is 6.68. The highest BCUT2D eigenvalue weighted by Gasteiger charge is 2.08. The maximum Gasteiger partial charge on any atom is 0.193 e. The number of hydrogen-bond acceptors (Lipinski definition) is 4. The molecule has 0 saturated carbocycles. The molecule has 6 heteroatoms. The van der Waals surface area contributed by atoms with Crippen molar-refractivity contribution < 1.29 is 0 Å². The molecule has 0 radical (unpaired) electrons. The molecule has 0 unspecified atom stereocenters. The van der Waals surface area contributed by atoms with Crippen LogP contribution in [0.4, 0.5) is 0 Å². The number of nitrogens with zero attached hydrogens (tertiary/aromatic N) is 3. The second-order valence-electron chi connectivity index (χ2n) is 5.59. The lowest BCUT2D eigenvalue weighted by atomic mass is 10.3. The van der Waals surface area contributed by atoms with Crippen LogP contribution in [0, 0.1) is 6.92 Å². The first-order chi connectivity index (χ1) is 11.6. The zero-order valence-electron chi connectivity index (χ0n) is 14.7. The zero-order chi connectivity index (χ0) is 17.4. The molecule has 0 aliphatic rings. The lowest BCUT2D eigenvalue weighted by Crippen LogP contribution is -2.40. The quantitative estimate of drug-likeness (QED) is 0.331. The van der Waals surface area contributed by atoms with E-state index in [0.29, 0.717) is 0 Å². The smallest absolute Gasteiger partial charge is 0.193 e. The van der Waals surface area contributed by atoms with Crippen molar-refractivity contribution in [1.82, 2.24) is 15.2 Å². The number of aliphatic imine (C=N–C) groups is 1. The van der Waals surface area contributed by atoms with Crippen molar-refractivity contribution >= 4 is 28.6 Å². The van der Waals surface area contributed by atoms with E-state index in [4.69, 9.17) is 0 Å². The van der Waals surface area contributed by atoms with E-state index in [0.717, 1.165) is 49.0 Å². The number of rotatable bonds is 8. The lowest BCUT2D eigenvalue weighted by Gasteiger charge is -2.21. The standard InChI is InChI=1S/C18H26N4S2/c1-5-6-7-12-22(4)18(19-3)20-11-10-15-8-9-17(24-15)16-13-23-14(2)21-16/h5,8-9,13H,1,6-7,10-12H2,2-4H3,(H,19,20). The Morgan fingerprint density at radius 1 is 1.46 bits per heavy atom. The molecule has 2 heterocycles. The van der Waals surface area contributed by atoms with Gasteiger partial charge in [0.2, 0.25) is 0 Å². The highest BCUT2D eigenvalue weighted by Crippen LogP contribution is 2.29. The van der Waals surface area contributed by atoms with E-state index in [1.54, 1.807) is 11.3 Å². The Balaban J connectivity index is 1.80. The number of thiazole rings is 1. The summed E-state index contributed by atoms with van der Waals surface area (Å²) < 4.78 is 0. The average Bonchev–Trinajstić information content (AvgIpc) is 3.20. The molecule has 2 rings (SSSR count). The molecule has 2 aromatic heterocycles. The van der Waals surface area contributed by atoms with Gasteiger partial charge in [0.1, 0.15) is 0 Å². The Hall–Kier alpha value is -1.66. The number of aryl methyl sites for hydroxylation is 1. The largest absolute Gasteiger partial charge is 0.356 e. The van der Waals surface area contributed by atoms with Crippen LogP contribution in [0.25, 0.3) is 10.6 Å². The molecule has 0 fully saturated rings. The van der Waals surface area contributed by atoms with Gasteiger partial charge in [0.15, 0.2) is 5.96 Å². The van der Waals surface area contributed by atoms with Gasteiger partial charge < -0.3 is 10.2 Å². The van der Waals surface area contributed by atoms with E-state index in [9.17, 15) is 0 Å². The second-order valence-corrected chi connectivity index (χ2v) is 7.82. The van der Waals surface area contributed by atoms with Crippen molar-refractivity contribution in [3.8, 4) is 10.6 Å². The number of hydrogen-bond donors (Lipinski definition) is 1. The van der Waals surface area contributed by atoms with Crippen LogP contribution in [-0.2, 0) is 6.42 Å². The fourth-order valence-corrected chi connectivity index (χ4v) is 4.04. The molecule has 130 valence electrons. The predicted octanol–water partition coefficient (Wildman–Crippen LogP) is 4.20. The third-order valence-corrected chi connectivity index (χ3v) is 5.60. The fourth-order valence-electron chi connectivity index (χ4n) is 2.39. The van der Waals surface area contributed by atoms with Gasteiger partial charge in [-0.05, 0) is 38.3 Å². The molecule has 0 bridgehead atoms. The van der Waals surface area contributed by atoms with Gasteiger partial charge in [-0.1, -0.05) is 6.08 Å². The monoisotopic (exact) mass is 362 g/mol. The van der Waals surface area contributed by atoms with Gasteiger partial charge in [-0.2, -0.15) is 0 Å². The van der Waals surface area contributed by atoms with E-state index < -0.39 is 0 Å². The summed E-state index contributed by atoms with van der Waals surface area (Å²) >= 11 is 3.52. The summed E-state index contributed by atoms with van der Waals surface area (Å²) in [6.45, 7) is 7.68. The van der Waals surface area contributed by atoms with Gasteiger partial charge in [0.25, 0.3) is 0 Å². The zero-order valence-corrected chi connectivity index (χ0v) is 16.3. The second kappa shape index (κ2) is 9.59. The summed E-state index contributed by atoms with van der Waals surface area (Å²) in [5.74, 6) is 0.950. The highest BCUT2D eigenvalue weighted by atomic mass is 32.1. The molecule has 0 spiro atoms. The van der Waals surface area contributed by atoms with Gasteiger partial charge in [0, 0.05) is 37.4 Å². The molecule has 0 aliphatic carbocycles. The Labute approximate surface area is 153 Å². The molecule has 0 aliphatic heterocycles. The van der Waals surface area contributed by atoms with Crippen molar-refractivity contribution in [1.29, 1.82) is 0 Å². The molecule has 0 amide bonds. The molecular weight excluding hydrogens is 336 g/mol. The topological polar surface area (TPSA) is 40.5 Å². The number of nitrogens with one attached hydrogen (secondary N) is 1. The summed E-state index contributed by atoms with van der Waals surface area (Å²) in [5.41, 5.74) is 1.10. The predicted molar refractivity (Wildman–Crippen MR) is 107 cm³/mol. The van der Waals surface area contributed by atoms with Gasteiger partial charge in [-0.25, -0.2) is 4.98 Å². The van der Waals surface area contributed by atoms with E-state index in [1.807, 2.05) is 31.4 Å². The van der Waals surface area contributed by atoms with Crippen LogP contribution in [0.3, 0.4) is 0 Å². The third-order valence-electron chi connectivity index (χ3n) is 3.66. The molecule has 1 N–H and O–H groups in total. The van der Waals surface area contributed by atoms with Gasteiger partial charge >= 0.3 is 0 Å². The number of aromatic nitrogens is 1. The summed E-state index contributed by atoms with van der Waals surface area (Å²) in [6.07, 6.45) is 5.09. The number of guanidine groups is 1. The van der Waals surface area contributed by atoms with Crippen LogP contribution in [0.2, 0.25) is 0 Å². The molecule has 4 nitrogen and oxygen atoms in total. The lowest BCUT2D eigenvalue weighted by molar-refractivity contribution is 0.470. The van der Waals surface area contributed by atoms with Crippen LogP contribution in [0.5, 0.6) is 0 Å². The minimum Gasteiger partial charge on any atom is -0.356 e. The number of allylic oxidation sites excluding steroid dienone is 1. The third kappa shape index (κ3) is 5.46. The van der Waals surface area contributed by atoms with E-state index in [1.165, 1.54) is 9.75 Å². The minimum absolute atomic E-state index is 0.883. The summed E-state index contributed by atoms with van der Waals surface area (Å²) in [6, 6.07) is 4.37. The van der Waals surface area contributed by atoms with Crippen molar-refractivity contribution in [2.75, 3.05) is 27.2 Å². The normalized spacial score (nSPS) is 11.5. The first-order valence-corrected chi connectivity index (χ1v) is 9.87. The molecule has 0 aromatic carbocycles. The van der Waals surface area contributed by atoms with Crippen LogP contribution in [0.15, 0.2) is 35.2 Å². The Morgan fingerprint density at radius 2 is 2.29 bits per heavy atom. The number of unbranched alkanes of at least 4 members (excludes halogenated alkanes) is 1. The molecule has 2 aromatic rings. The van der Waals surface area contributed by atoms with E-state index >= 15 is 0 Å². The first-order valence-electron chi connectivity index (χ1n) is 8.18. The van der Waals surface area contributed by atoms with Crippen LogP contribution in [0.1, 0.15) is 22.7 Å². The first kappa shape index (κ1) is 18.7. The Kier molecular flexibility index (Phi) is 7.46. The van der Waals surface area contributed by atoms with Gasteiger partial charge in [0.05, 0.1) is 15.6 Å². The highest BCUT2D eigenvalue weighted by molar-refractivity contribution is 7.16. The fraction of sp³-hybridized carbons (Fsp3) is 0.444. The van der Waals surface area contributed by atoms with Crippen LogP contribution >= 0.6 is 22.7 Å². The Morgan fingerprint density at radius 3 is 2.96 bits per heavy atom. The van der Waals surface area contributed by atoms with Crippen molar-refractivity contribution in [3.05, 3.63) is 40.1 Å². The van der Waals surface area contributed by atoms with Crippen molar-refractivity contribution in [2.24, 2.45) is 4.99 Å². The van der Waals surface area contributed by atoms with Crippen molar-refractivity contribution in [2.45, 2.75) is 26.2 Å². The van der Waals surface area contributed by atoms with Crippen LogP contribution < -0.4 is 5.32 Å². The number of thiophene rings is 1. The molecule has 24 heavy (non-hydrogen) atoms. The van der Waals surface area contributed by atoms with E-state index in [-0.39, 0.29) is 0 Å². The van der Waals surface area contributed by atoms with Gasteiger partial charge in [-0.15, -0.1) is 29.3 Å². The molecular formula is C18H26N4S2. The summed E-state index contributed by atoms with van der Waals surface area (Å²) in [7, 11) is 3.91. The summed E-state index contributed by atoms with van der Waals surface area (Å²) in [4.78, 5) is 13.7. The Bertz CT molecular complexity index is 672. The minimum atomic E-state index is 0.883. The average molecular weight is 363 g/mol. The molecule has 0 saturated heterocycles. The van der Waals surface area contributed by atoms with Gasteiger partial charge in [-0.3, -0.25) is 4.99 Å². The SMILES string of the molecule is C=CCCCN(C)C(=NC)NCCc1ccc(-c2csc(C)n2)s1. The maximum atomic E-state index is 4.56. The maximum absolute atomic E-state index is 4.56.